The van der Waals surface area contributed by atoms with E-state index in [0.29, 0.717) is 21.3 Å². The van der Waals surface area contributed by atoms with Crippen molar-refractivity contribution >= 4 is 44.9 Å². The SMILES string of the molecule is CCS(=O)c1ccccc1C(=O)Nc1nnc(SCc2ccccc2)s1. The first-order chi connectivity index (χ1) is 12.7. The normalized spacial score (nSPS) is 11.9. The first-order valence-corrected chi connectivity index (χ1v) is 11.1. The molecule has 0 spiro atoms. The van der Waals surface area contributed by atoms with E-state index < -0.39 is 10.8 Å². The Morgan fingerprint density at radius 3 is 2.62 bits per heavy atom. The molecule has 0 radical (unpaired) electrons. The van der Waals surface area contributed by atoms with Gasteiger partial charge in [-0.2, -0.15) is 0 Å². The van der Waals surface area contributed by atoms with Crippen molar-refractivity contribution in [2.24, 2.45) is 0 Å². The lowest BCUT2D eigenvalue weighted by Crippen LogP contribution is -2.15. The van der Waals surface area contributed by atoms with E-state index in [0.717, 1.165) is 10.1 Å². The maximum atomic E-state index is 12.5. The van der Waals surface area contributed by atoms with Crippen LogP contribution in [0, 0.1) is 0 Å². The highest BCUT2D eigenvalue weighted by Gasteiger charge is 2.16. The summed E-state index contributed by atoms with van der Waals surface area (Å²) in [6.07, 6.45) is 0. The van der Waals surface area contributed by atoms with Crippen molar-refractivity contribution in [2.45, 2.75) is 21.9 Å². The minimum absolute atomic E-state index is 0.321. The van der Waals surface area contributed by atoms with Crippen LogP contribution in [0.1, 0.15) is 22.8 Å². The molecule has 26 heavy (non-hydrogen) atoms. The van der Waals surface area contributed by atoms with Gasteiger partial charge in [0.15, 0.2) is 4.34 Å². The molecular formula is C18H17N3O2S3. The summed E-state index contributed by atoms with van der Waals surface area (Å²) in [4.78, 5) is 13.1. The quantitative estimate of drug-likeness (QED) is 0.473. The van der Waals surface area contributed by atoms with Gasteiger partial charge in [-0.15, -0.1) is 10.2 Å². The highest BCUT2D eigenvalue weighted by Crippen LogP contribution is 2.28. The number of amides is 1. The minimum atomic E-state index is -1.20. The van der Waals surface area contributed by atoms with E-state index in [2.05, 4.69) is 27.6 Å². The second-order valence-electron chi connectivity index (χ2n) is 5.23. The fourth-order valence-corrected chi connectivity index (χ4v) is 4.86. The lowest BCUT2D eigenvalue weighted by Gasteiger charge is -2.07. The number of anilines is 1. The Kier molecular flexibility index (Phi) is 6.54. The Bertz CT molecular complexity index is 913. The second kappa shape index (κ2) is 9.07. The van der Waals surface area contributed by atoms with Crippen molar-refractivity contribution in [3.8, 4) is 0 Å². The number of benzene rings is 2. The molecule has 1 aromatic heterocycles. The van der Waals surface area contributed by atoms with Gasteiger partial charge >= 0.3 is 0 Å². The smallest absolute Gasteiger partial charge is 0.258 e. The Labute approximate surface area is 162 Å². The summed E-state index contributed by atoms with van der Waals surface area (Å²) in [7, 11) is -1.20. The number of aromatic nitrogens is 2. The van der Waals surface area contributed by atoms with Crippen LogP contribution in [0.15, 0.2) is 63.8 Å². The van der Waals surface area contributed by atoms with Crippen LogP contribution in [0.5, 0.6) is 0 Å². The third kappa shape index (κ3) is 4.78. The molecule has 3 aromatic rings. The first-order valence-electron chi connectivity index (χ1n) is 7.96. The van der Waals surface area contributed by atoms with E-state index in [1.807, 2.05) is 25.1 Å². The van der Waals surface area contributed by atoms with Crippen LogP contribution in [0.4, 0.5) is 5.13 Å². The number of carbonyl (C=O) groups excluding carboxylic acids is 1. The van der Waals surface area contributed by atoms with Gasteiger partial charge in [0.05, 0.1) is 21.3 Å². The van der Waals surface area contributed by atoms with E-state index in [-0.39, 0.29) is 5.91 Å². The molecule has 3 rings (SSSR count). The van der Waals surface area contributed by atoms with Crippen LogP contribution in [-0.4, -0.2) is 26.1 Å². The number of nitrogens with zero attached hydrogens (tertiary/aromatic N) is 2. The van der Waals surface area contributed by atoms with Crippen molar-refractivity contribution in [2.75, 3.05) is 11.1 Å². The summed E-state index contributed by atoms with van der Waals surface area (Å²) in [6, 6.07) is 17.0. The zero-order valence-corrected chi connectivity index (χ0v) is 16.5. The minimum Gasteiger partial charge on any atom is -0.296 e. The molecule has 8 heteroatoms. The first kappa shape index (κ1) is 18.8. The molecular weight excluding hydrogens is 386 g/mol. The highest BCUT2D eigenvalue weighted by atomic mass is 32.2. The van der Waals surface area contributed by atoms with Gasteiger partial charge in [0.1, 0.15) is 0 Å². The summed E-state index contributed by atoms with van der Waals surface area (Å²) in [5.74, 6) is 0.934. The lowest BCUT2D eigenvalue weighted by atomic mass is 10.2. The topological polar surface area (TPSA) is 72.0 Å². The molecule has 1 heterocycles. The Morgan fingerprint density at radius 1 is 1.12 bits per heavy atom. The Balaban J connectivity index is 1.66. The molecule has 1 N–H and O–H groups in total. The van der Waals surface area contributed by atoms with Gasteiger partial charge in [0.2, 0.25) is 5.13 Å². The van der Waals surface area contributed by atoms with Crippen molar-refractivity contribution in [1.29, 1.82) is 0 Å². The highest BCUT2D eigenvalue weighted by molar-refractivity contribution is 8.00. The molecule has 1 unspecified atom stereocenters. The number of carbonyl (C=O) groups is 1. The molecule has 0 aliphatic carbocycles. The van der Waals surface area contributed by atoms with Crippen LogP contribution < -0.4 is 5.32 Å². The molecule has 0 aliphatic heterocycles. The number of nitrogens with one attached hydrogen (secondary N) is 1. The van der Waals surface area contributed by atoms with Gasteiger partial charge in [-0.3, -0.25) is 14.3 Å². The average Bonchev–Trinajstić information content (AvgIpc) is 3.14. The fourth-order valence-electron chi connectivity index (χ4n) is 2.21. The summed E-state index contributed by atoms with van der Waals surface area (Å²) >= 11 is 2.90. The predicted molar refractivity (Wildman–Crippen MR) is 107 cm³/mol. The Hall–Kier alpha value is -2.03. The summed E-state index contributed by atoms with van der Waals surface area (Å²) in [5.41, 5.74) is 1.61. The summed E-state index contributed by atoms with van der Waals surface area (Å²) in [6.45, 7) is 1.83. The van der Waals surface area contributed by atoms with Crippen LogP contribution in [-0.2, 0) is 16.6 Å². The van der Waals surface area contributed by atoms with Gasteiger partial charge in [0, 0.05) is 11.5 Å². The van der Waals surface area contributed by atoms with Crippen molar-refractivity contribution in [3.05, 3.63) is 65.7 Å². The van der Waals surface area contributed by atoms with E-state index in [1.165, 1.54) is 16.9 Å². The number of hydrogen-bond donors (Lipinski definition) is 1. The van der Waals surface area contributed by atoms with Crippen molar-refractivity contribution < 1.29 is 9.00 Å². The zero-order chi connectivity index (χ0) is 18.4. The van der Waals surface area contributed by atoms with E-state index >= 15 is 0 Å². The standard InChI is InChI=1S/C18H17N3O2S3/c1-2-26(23)15-11-7-6-10-14(15)16(22)19-17-20-21-18(25-17)24-12-13-8-4-3-5-9-13/h3-11H,2,12H2,1H3,(H,19,20,22). The molecule has 1 atom stereocenters. The molecule has 0 saturated heterocycles. The Morgan fingerprint density at radius 2 is 1.85 bits per heavy atom. The maximum absolute atomic E-state index is 12.5. The van der Waals surface area contributed by atoms with E-state index in [1.54, 1.807) is 36.0 Å². The van der Waals surface area contributed by atoms with Crippen LogP contribution in [0.3, 0.4) is 0 Å². The predicted octanol–water partition coefficient (Wildman–Crippen LogP) is 4.21. The van der Waals surface area contributed by atoms with Gasteiger partial charge in [-0.25, -0.2) is 0 Å². The van der Waals surface area contributed by atoms with Crippen molar-refractivity contribution in [1.82, 2.24) is 10.2 Å². The third-order valence-electron chi connectivity index (χ3n) is 3.47. The van der Waals surface area contributed by atoms with Gasteiger partial charge in [0.25, 0.3) is 5.91 Å². The number of thioether (sulfide) groups is 1. The third-order valence-corrected chi connectivity index (χ3v) is 6.89. The van der Waals surface area contributed by atoms with E-state index in [9.17, 15) is 9.00 Å². The molecule has 0 saturated carbocycles. The molecule has 5 nitrogen and oxygen atoms in total. The molecule has 0 bridgehead atoms. The molecule has 0 fully saturated rings. The molecule has 2 aromatic carbocycles. The average molecular weight is 404 g/mol. The second-order valence-corrected chi connectivity index (χ2v) is 9.14. The van der Waals surface area contributed by atoms with Gasteiger partial charge in [-0.05, 0) is 17.7 Å². The summed E-state index contributed by atoms with van der Waals surface area (Å²) < 4.78 is 12.9. The molecule has 134 valence electrons. The van der Waals surface area contributed by atoms with E-state index in [4.69, 9.17) is 0 Å². The largest absolute Gasteiger partial charge is 0.296 e. The van der Waals surface area contributed by atoms with Crippen LogP contribution in [0.25, 0.3) is 0 Å². The number of hydrogen-bond acceptors (Lipinski definition) is 6. The molecule has 1 amide bonds. The number of rotatable bonds is 7. The zero-order valence-electron chi connectivity index (χ0n) is 14.0. The van der Waals surface area contributed by atoms with Crippen LogP contribution in [0.2, 0.25) is 0 Å². The van der Waals surface area contributed by atoms with Crippen LogP contribution >= 0.6 is 23.1 Å². The van der Waals surface area contributed by atoms with Crippen molar-refractivity contribution in [3.63, 3.8) is 0 Å². The molecule has 0 aliphatic rings. The van der Waals surface area contributed by atoms with Gasteiger partial charge in [-0.1, -0.05) is 72.5 Å². The fraction of sp³-hybridized carbons (Fsp3) is 0.167. The monoisotopic (exact) mass is 403 g/mol. The maximum Gasteiger partial charge on any atom is 0.258 e. The lowest BCUT2D eigenvalue weighted by molar-refractivity contribution is 0.102. The summed E-state index contributed by atoms with van der Waals surface area (Å²) in [5, 5.41) is 11.3. The van der Waals surface area contributed by atoms with Gasteiger partial charge < -0.3 is 0 Å².